The molecule has 1 N–H and O–H groups in total. The van der Waals surface area contributed by atoms with Crippen LogP contribution in [0.1, 0.15) is 30.4 Å². The quantitative estimate of drug-likeness (QED) is 0.774. The lowest BCUT2D eigenvalue weighted by molar-refractivity contribution is -0.137. The summed E-state index contributed by atoms with van der Waals surface area (Å²) in [4.78, 5) is 10.7. The smallest absolute Gasteiger partial charge is 0.304 e. The Morgan fingerprint density at radius 2 is 2.14 bits per heavy atom. The molecular weight excluding hydrogens is 176 g/mol. The van der Waals surface area contributed by atoms with Crippen molar-refractivity contribution in [1.29, 1.82) is 0 Å². The minimum atomic E-state index is -0.737. The summed E-state index contributed by atoms with van der Waals surface area (Å²) in [7, 11) is 0. The third-order valence-electron chi connectivity index (χ3n) is 2.68. The Labute approximate surface area is 82.9 Å². The van der Waals surface area contributed by atoms with E-state index in [9.17, 15) is 4.79 Å². The van der Waals surface area contributed by atoms with Crippen molar-refractivity contribution in [2.24, 2.45) is 0 Å². The standard InChI is InChI=1S/C12H12O2/c1-8-6-9-4-2-3-5-10(9)11(8)7-12(13)14/h2-6,11H,7H2,1H3,(H,13,14). The van der Waals surface area contributed by atoms with Crippen LogP contribution in [-0.4, -0.2) is 11.1 Å². The monoisotopic (exact) mass is 188 g/mol. The first-order chi connectivity index (χ1) is 6.68. The summed E-state index contributed by atoms with van der Waals surface area (Å²) in [6.45, 7) is 1.99. The fourth-order valence-electron chi connectivity index (χ4n) is 2.00. The van der Waals surface area contributed by atoms with Gasteiger partial charge in [-0.15, -0.1) is 0 Å². The average Bonchev–Trinajstić information content (AvgIpc) is 2.43. The van der Waals surface area contributed by atoms with Gasteiger partial charge in [0.25, 0.3) is 0 Å². The Morgan fingerprint density at radius 3 is 2.86 bits per heavy atom. The second-order valence-corrected chi connectivity index (χ2v) is 3.67. The molecule has 0 spiro atoms. The van der Waals surface area contributed by atoms with E-state index in [2.05, 4.69) is 6.08 Å². The Kier molecular flexibility index (Phi) is 2.12. The zero-order valence-corrected chi connectivity index (χ0v) is 8.03. The highest BCUT2D eigenvalue weighted by molar-refractivity contribution is 5.73. The lowest BCUT2D eigenvalue weighted by atomic mass is 9.93. The highest BCUT2D eigenvalue weighted by Crippen LogP contribution is 2.37. The van der Waals surface area contributed by atoms with Crippen LogP contribution in [-0.2, 0) is 4.79 Å². The number of carboxylic acid groups (broad SMARTS) is 1. The number of allylic oxidation sites excluding steroid dienone is 1. The fourth-order valence-corrected chi connectivity index (χ4v) is 2.00. The van der Waals surface area contributed by atoms with E-state index in [1.807, 2.05) is 31.2 Å². The molecule has 0 fully saturated rings. The number of rotatable bonds is 2. The molecule has 2 rings (SSSR count). The van der Waals surface area contributed by atoms with E-state index in [4.69, 9.17) is 5.11 Å². The van der Waals surface area contributed by atoms with Gasteiger partial charge in [0.05, 0.1) is 6.42 Å². The van der Waals surface area contributed by atoms with Gasteiger partial charge in [-0.05, 0) is 18.1 Å². The number of aliphatic carboxylic acids is 1. The third-order valence-corrected chi connectivity index (χ3v) is 2.68. The van der Waals surface area contributed by atoms with Crippen molar-refractivity contribution < 1.29 is 9.90 Å². The van der Waals surface area contributed by atoms with Crippen molar-refractivity contribution in [2.45, 2.75) is 19.3 Å². The van der Waals surface area contributed by atoms with Gasteiger partial charge < -0.3 is 5.11 Å². The second-order valence-electron chi connectivity index (χ2n) is 3.67. The van der Waals surface area contributed by atoms with E-state index in [0.717, 1.165) is 16.7 Å². The van der Waals surface area contributed by atoms with Crippen LogP contribution >= 0.6 is 0 Å². The van der Waals surface area contributed by atoms with Gasteiger partial charge in [0.2, 0.25) is 0 Å². The van der Waals surface area contributed by atoms with Crippen molar-refractivity contribution in [1.82, 2.24) is 0 Å². The number of hydrogen-bond acceptors (Lipinski definition) is 1. The molecule has 1 aliphatic rings. The Morgan fingerprint density at radius 1 is 1.43 bits per heavy atom. The predicted octanol–water partition coefficient (Wildman–Crippen LogP) is 2.66. The van der Waals surface area contributed by atoms with E-state index in [-0.39, 0.29) is 12.3 Å². The van der Waals surface area contributed by atoms with Gasteiger partial charge >= 0.3 is 5.97 Å². The molecule has 0 saturated heterocycles. The summed E-state index contributed by atoms with van der Waals surface area (Å²) in [5, 5.41) is 8.79. The van der Waals surface area contributed by atoms with Gasteiger partial charge in [0.15, 0.2) is 0 Å². The lowest BCUT2D eigenvalue weighted by Gasteiger charge is -2.10. The Bertz CT molecular complexity index is 405. The molecule has 0 heterocycles. The maximum atomic E-state index is 10.7. The summed E-state index contributed by atoms with van der Waals surface area (Å²) in [6, 6.07) is 7.97. The van der Waals surface area contributed by atoms with Crippen LogP contribution in [0.2, 0.25) is 0 Å². The van der Waals surface area contributed by atoms with E-state index in [1.54, 1.807) is 0 Å². The Hall–Kier alpha value is -1.57. The third kappa shape index (κ3) is 1.43. The topological polar surface area (TPSA) is 37.3 Å². The zero-order valence-electron chi connectivity index (χ0n) is 8.03. The number of carbonyl (C=O) groups is 1. The van der Waals surface area contributed by atoms with Crippen LogP contribution in [0.5, 0.6) is 0 Å². The molecule has 1 aliphatic carbocycles. The number of hydrogen-bond donors (Lipinski definition) is 1. The summed E-state index contributed by atoms with van der Waals surface area (Å²) >= 11 is 0. The molecule has 0 aromatic heterocycles. The molecule has 0 bridgehead atoms. The fraction of sp³-hybridized carbons (Fsp3) is 0.250. The van der Waals surface area contributed by atoms with Crippen LogP contribution in [0.3, 0.4) is 0 Å². The van der Waals surface area contributed by atoms with Crippen molar-refractivity contribution in [3.8, 4) is 0 Å². The van der Waals surface area contributed by atoms with Gasteiger partial charge in [-0.1, -0.05) is 35.9 Å². The van der Waals surface area contributed by atoms with Crippen LogP contribution < -0.4 is 0 Å². The van der Waals surface area contributed by atoms with Crippen molar-refractivity contribution >= 4 is 12.0 Å². The Balaban J connectivity index is 2.36. The normalized spacial score (nSPS) is 18.9. The second kappa shape index (κ2) is 3.29. The number of carboxylic acids is 1. The molecule has 1 atom stereocenters. The molecule has 0 amide bonds. The van der Waals surface area contributed by atoms with Crippen LogP contribution in [0, 0.1) is 0 Å². The molecule has 1 unspecified atom stereocenters. The largest absolute Gasteiger partial charge is 0.481 e. The predicted molar refractivity (Wildman–Crippen MR) is 55.1 cm³/mol. The van der Waals surface area contributed by atoms with Crippen LogP contribution in [0.15, 0.2) is 29.8 Å². The van der Waals surface area contributed by atoms with E-state index in [1.165, 1.54) is 0 Å². The van der Waals surface area contributed by atoms with Gasteiger partial charge in [0.1, 0.15) is 0 Å². The van der Waals surface area contributed by atoms with Crippen molar-refractivity contribution in [3.05, 3.63) is 41.0 Å². The first-order valence-corrected chi connectivity index (χ1v) is 4.67. The zero-order chi connectivity index (χ0) is 10.1. The molecule has 1 aromatic carbocycles. The summed E-state index contributed by atoms with van der Waals surface area (Å²) in [5.74, 6) is -0.664. The molecular formula is C12H12O2. The minimum Gasteiger partial charge on any atom is -0.481 e. The van der Waals surface area contributed by atoms with Crippen molar-refractivity contribution in [3.63, 3.8) is 0 Å². The molecule has 1 aromatic rings. The number of fused-ring (bicyclic) bond motifs is 1. The highest BCUT2D eigenvalue weighted by Gasteiger charge is 2.23. The van der Waals surface area contributed by atoms with E-state index < -0.39 is 5.97 Å². The molecule has 2 nitrogen and oxygen atoms in total. The lowest BCUT2D eigenvalue weighted by Crippen LogP contribution is -2.05. The number of benzene rings is 1. The molecule has 14 heavy (non-hydrogen) atoms. The van der Waals surface area contributed by atoms with Gasteiger partial charge in [-0.2, -0.15) is 0 Å². The highest BCUT2D eigenvalue weighted by atomic mass is 16.4. The van der Waals surface area contributed by atoms with Crippen molar-refractivity contribution in [2.75, 3.05) is 0 Å². The molecule has 72 valence electrons. The molecule has 0 saturated carbocycles. The maximum absolute atomic E-state index is 10.7. The summed E-state index contributed by atoms with van der Waals surface area (Å²) in [5.41, 5.74) is 3.46. The van der Waals surface area contributed by atoms with Gasteiger partial charge in [-0.3, -0.25) is 4.79 Å². The van der Waals surface area contributed by atoms with E-state index >= 15 is 0 Å². The average molecular weight is 188 g/mol. The first-order valence-electron chi connectivity index (χ1n) is 4.67. The SMILES string of the molecule is CC1=Cc2ccccc2C1CC(=O)O. The first kappa shape index (κ1) is 9.00. The molecule has 2 heteroatoms. The van der Waals surface area contributed by atoms with E-state index in [0.29, 0.717) is 0 Å². The summed E-state index contributed by atoms with van der Waals surface area (Å²) < 4.78 is 0. The maximum Gasteiger partial charge on any atom is 0.304 e. The van der Waals surface area contributed by atoms with Crippen LogP contribution in [0.4, 0.5) is 0 Å². The molecule has 0 radical (unpaired) electrons. The van der Waals surface area contributed by atoms with Crippen LogP contribution in [0.25, 0.3) is 6.08 Å². The molecule has 0 aliphatic heterocycles. The van der Waals surface area contributed by atoms with Gasteiger partial charge in [-0.25, -0.2) is 0 Å². The minimum absolute atomic E-state index is 0.0729. The summed E-state index contributed by atoms with van der Waals surface area (Å²) in [6.07, 6.45) is 2.27. The van der Waals surface area contributed by atoms with Gasteiger partial charge in [0, 0.05) is 5.92 Å².